The number of rotatable bonds is 4. The quantitative estimate of drug-likeness (QED) is 0.645. The summed E-state index contributed by atoms with van der Waals surface area (Å²) in [5, 5.41) is 0. The number of methoxy groups -OCH3 is 1. The van der Waals surface area contributed by atoms with Gasteiger partial charge in [0.15, 0.2) is 0 Å². The fourth-order valence-corrected chi connectivity index (χ4v) is 1.34. The molecule has 17 heavy (non-hydrogen) atoms. The second-order valence-electron chi connectivity index (χ2n) is 3.23. The minimum atomic E-state index is -2.99. The highest BCUT2D eigenvalue weighted by Crippen LogP contribution is 2.25. The molecule has 0 aliphatic carbocycles. The first-order valence-electron chi connectivity index (χ1n) is 4.72. The van der Waals surface area contributed by atoms with E-state index in [1.807, 2.05) is 0 Å². The number of ether oxygens (including phenoxy) is 1. The van der Waals surface area contributed by atoms with Crippen LogP contribution in [0.5, 0.6) is 0 Å². The Hall–Kier alpha value is -1.63. The molecule has 0 saturated carbocycles. The van der Waals surface area contributed by atoms with Gasteiger partial charge in [-0.3, -0.25) is 4.79 Å². The number of alkyl halides is 2. The van der Waals surface area contributed by atoms with Crippen molar-refractivity contribution in [3.05, 3.63) is 28.8 Å². The number of halogens is 3. The van der Waals surface area contributed by atoms with Crippen molar-refractivity contribution < 1.29 is 22.7 Å². The standard InChI is InChI=1S/C10H11F3N2O2/c1-17-7(16)3-6-2-5(4-14)8(9(11)12)10(13)15-6/h2,9H,3-4,14H2,1H3. The molecule has 1 rings (SSSR count). The molecule has 0 atom stereocenters. The maximum atomic E-state index is 13.3. The highest BCUT2D eigenvalue weighted by molar-refractivity contribution is 5.71. The second kappa shape index (κ2) is 5.62. The third-order valence-corrected chi connectivity index (χ3v) is 2.14. The van der Waals surface area contributed by atoms with Gasteiger partial charge in [-0.15, -0.1) is 0 Å². The van der Waals surface area contributed by atoms with Gasteiger partial charge in [-0.2, -0.15) is 4.39 Å². The van der Waals surface area contributed by atoms with Gasteiger partial charge in [0, 0.05) is 6.54 Å². The molecule has 0 bridgehead atoms. The van der Waals surface area contributed by atoms with Crippen molar-refractivity contribution in [3.8, 4) is 0 Å². The van der Waals surface area contributed by atoms with Crippen molar-refractivity contribution in [2.75, 3.05) is 7.11 Å². The van der Waals surface area contributed by atoms with Gasteiger partial charge in [0.05, 0.1) is 24.8 Å². The van der Waals surface area contributed by atoms with Gasteiger partial charge in [-0.25, -0.2) is 13.8 Å². The van der Waals surface area contributed by atoms with Gasteiger partial charge in [-0.05, 0) is 11.6 Å². The molecule has 1 aromatic rings. The first-order valence-corrected chi connectivity index (χ1v) is 4.72. The summed E-state index contributed by atoms with van der Waals surface area (Å²) in [6, 6.07) is 1.18. The molecule has 0 aliphatic heterocycles. The summed E-state index contributed by atoms with van der Waals surface area (Å²) < 4.78 is 42.7. The number of aromatic nitrogens is 1. The maximum Gasteiger partial charge on any atom is 0.311 e. The Morgan fingerprint density at radius 1 is 1.59 bits per heavy atom. The number of carbonyl (C=O) groups is 1. The summed E-state index contributed by atoms with van der Waals surface area (Å²) in [7, 11) is 1.16. The number of carbonyl (C=O) groups excluding carboxylic acids is 1. The molecule has 0 aliphatic rings. The fourth-order valence-electron chi connectivity index (χ4n) is 1.34. The topological polar surface area (TPSA) is 65.2 Å². The van der Waals surface area contributed by atoms with Gasteiger partial charge in [0.2, 0.25) is 5.95 Å². The SMILES string of the molecule is COC(=O)Cc1cc(CN)c(C(F)F)c(F)n1. The monoisotopic (exact) mass is 248 g/mol. The number of pyridine rings is 1. The summed E-state index contributed by atoms with van der Waals surface area (Å²) >= 11 is 0. The zero-order chi connectivity index (χ0) is 13.0. The number of esters is 1. The molecule has 0 unspecified atom stereocenters. The Morgan fingerprint density at radius 2 is 2.24 bits per heavy atom. The van der Waals surface area contributed by atoms with Crippen LogP contribution in [0.25, 0.3) is 0 Å². The molecule has 0 amide bonds. The number of hydrogen-bond acceptors (Lipinski definition) is 4. The molecule has 0 radical (unpaired) electrons. The largest absolute Gasteiger partial charge is 0.469 e. The molecule has 94 valence electrons. The average molecular weight is 248 g/mol. The highest BCUT2D eigenvalue weighted by Gasteiger charge is 2.20. The summed E-state index contributed by atoms with van der Waals surface area (Å²) in [5.41, 5.74) is 4.38. The Morgan fingerprint density at radius 3 is 2.71 bits per heavy atom. The number of nitrogens with zero attached hydrogens (tertiary/aromatic N) is 1. The van der Waals surface area contributed by atoms with E-state index in [9.17, 15) is 18.0 Å². The predicted octanol–water partition coefficient (Wildman–Crippen LogP) is 1.33. The first-order chi connectivity index (χ1) is 7.99. The van der Waals surface area contributed by atoms with E-state index in [0.717, 1.165) is 7.11 Å². The van der Waals surface area contributed by atoms with E-state index in [4.69, 9.17) is 5.73 Å². The lowest BCUT2D eigenvalue weighted by Crippen LogP contribution is -2.12. The van der Waals surface area contributed by atoms with E-state index in [1.54, 1.807) is 0 Å². The molecule has 2 N–H and O–H groups in total. The van der Waals surface area contributed by atoms with Gasteiger partial charge in [0.25, 0.3) is 6.43 Å². The minimum Gasteiger partial charge on any atom is -0.469 e. The Bertz CT molecular complexity index is 424. The van der Waals surface area contributed by atoms with Crippen molar-refractivity contribution in [2.24, 2.45) is 5.73 Å². The van der Waals surface area contributed by atoms with Crippen molar-refractivity contribution in [3.63, 3.8) is 0 Å². The lowest BCUT2D eigenvalue weighted by molar-refractivity contribution is -0.139. The van der Waals surface area contributed by atoms with Crippen LogP contribution < -0.4 is 5.73 Å². The molecule has 1 heterocycles. The lowest BCUT2D eigenvalue weighted by atomic mass is 10.1. The van der Waals surface area contributed by atoms with Crippen LogP contribution in [-0.4, -0.2) is 18.1 Å². The third-order valence-electron chi connectivity index (χ3n) is 2.14. The fraction of sp³-hybridized carbons (Fsp3) is 0.400. The molecular weight excluding hydrogens is 237 g/mol. The van der Waals surface area contributed by atoms with E-state index < -0.39 is 23.9 Å². The number of nitrogens with two attached hydrogens (primary N) is 1. The molecule has 7 heteroatoms. The smallest absolute Gasteiger partial charge is 0.311 e. The normalized spacial score (nSPS) is 10.7. The van der Waals surface area contributed by atoms with E-state index >= 15 is 0 Å². The molecule has 0 saturated heterocycles. The van der Waals surface area contributed by atoms with Crippen LogP contribution in [-0.2, 0) is 22.5 Å². The molecule has 0 fully saturated rings. The van der Waals surface area contributed by atoms with Crippen LogP contribution in [0.4, 0.5) is 13.2 Å². The zero-order valence-electron chi connectivity index (χ0n) is 9.04. The summed E-state index contributed by atoms with van der Waals surface area (Å²) in [6.07, 6.45) is -3.28. The Kier molecular flexibility index (Phi) is 4.45. The molecular formula is C10H11F3N2O2. The first kappa shape index (κ1) is 13.4. The van der Waals surface area contributed by atoms with Crippen LogP contribution in [0.15, 0.2) is 6.07 Å². The zero-order valence-corrected chi connectivity index (χ0v) is 9.04. The van der Waals surface area contributed by atoms with E-state index in [2.05, 4.69) is 9.72 Å². The maximum absolute atomic E-state index is 13.3. The Balaban J connectivity index is 3.13. The minimum absolute atomic E-state index is 0.0131. The van der Waals surface area contributed by atoms with Crippen LogP contribution in [0, 0.1) is 5.95 Å². The van der Waals surface area contributed by atoms with E-state index in [0.29, 0.717) is 0 Å². The molecule has 0 spiro atoms. The van der Waals surface area contributed by atoms with Gasteiger partial charge >= 0.3 is 5.97 Å². The number of hydrogen-bond donors (Lipinski definition) is 1. The van der Waals surface area contributed by atoms with E-state index in [-0.39, 0.29) is 24.2 Å². The highest BCUT2D eigenvalue weighted by atomic mass is 19.3. The summed E-state index contributed by atoms with van der Waals surface area (Å²) in [6.45, 7) is -0.257. The van der Waals surface area contributed by atoms with Gasteiger partial charge in [-0.1, -0.05) is 0 Å². The van der Waals surface area contributed by atoms with Crippen molar-refractivity contribution in [1.29, 1.82) is 0 Å². The lowest BCUT2D eigenvalue weighted by Gasteiger charge is -2.09. The Labute approximate surface area is 95.6 Å². The van der Waals surface area contributed by atoms with Crippen molar-refractivity contribution >= 4 is 5.97 Å². The van der Waals surface area contributed by atoms with Crippen LogP contribution in [0.3, 0.4) is 0 Å². The van der Waals surface area contributed by atoms with Crippen LogP contribution in [0.1, 0.15) is 23.2 Å². The third kappa shape index (κ3) is 3.16. The second-order valence-corrected chi connectivity index (χ2v) is 3.23. The van der Waals surface area contributed by atoms with Crippen LogP contribution >= 0.6 is 0 Å². The average Bonchev–Trinajstić information content (AvgIpc) is 2.27. The van der Waals surface area contributed by atoms with Gasteiger partial charge < -0.3 is 10.5 Å². The van der Waals surface area contributed by atoms with Crippen molar-refractivity contribution in [2.45, 2.75) is 19.4 Å². The summed E-state index contributed by atoms with van der Waals surface area (Å²) in [4.78, 5) is 14.2. The molecule has 1 aromatic heterocycles. The van der Waals surface area contributed by atoms with E-state index in [1.165, 1.54) is 6.07 Å². The predicted molar refractivity (Wildman–Crippen MR) is 52.8 cm³/mol. The van der Waals surface area contributed by atoms with Crippen molar-refractivity contribution in [1.82, 2.24) is 4.98 Å². The van der Waals surface area contributed by atoms with Gasteiger partial charge in [0.1, 0.15) is 0 Å². The van der Waals surface area contributed by atoms with Crippen LogP contribution in [0.2, 0.25) is 0 Å². The summed E-state index contributed by atoms with van der Waals surface area (Å²) in [5.74, 6) is -1.94. The molecule has 4 nitrogen and oxygen atoms in total. The molecule has 0 aromatic carbocycles.